The van der Waals surface area contributed by atoms with Gasteiger partial charge in [-0.3, -0.25) is 4.79 Å². The Kier molecular flexibility index (Phi) is 7.28. The average molecular weight is 478 g/mol. The molecule has 33 heavy (non-hydrogen) atoms. The molecule has 0 radical (unpaired) electrons. The van der Waals surface area contributed by atoms with E-state index in [2.05, 4.69) is 5.32 Å². The molecule has 1 unspecified atom stereocenters. The number of nitrogens with zero attached hydrogens (tertiary/aromatic N) is 2. The van der Waals surface area contributed by atoms with Gasteiger partial charge in [0.2, 0.25) is 10.0 Å². The Balaban J connectivity index is 1.65. The summed E-state index contributed by atoms with van der Waals surface area (Å²) in [5.41, 5.74) is 1.68. The molecule has 2 aliphatic rings. The molecule has 2 fully saturated rings. The fourth-order valence-corrected chi connectivity index (χ4v) is 5.42. The largest absolute Gasteiger partial charge is 0.379 e. The number of benzene rings is 2. The van der Waals surface area contributed by atoms with Crippen molar-refractivity contribution in [3.63, 3.8) is 0 Å². The highest BCUT2D eigenvalue weighted by Gasteiger charge is 2.29. The Bertz CT molecular complexity index is 1080. The van der Waals surface area contributed by atoms with Crippen LogP contribution in [0.5, 0.6) is 0 Å². The zero-order valence-corrected chi connectivity index (χ0v) is 19.3. The van der Waals surface area contributed by atoms with E-state index in [4.69, 9.17) is 9.47 Å². The first-order valence-corrected chi connectivity index (χ1v) is 12.4. The quantitative estimate of drug-likeness (QED) is 0.686. The van der Waals surface area contributed by atoms with E-state index >= 15 is 0 Å². The van der Waals surface area contributed by atoms with E-state index in [0.717, 1.165) is 5.56 Å². The Hall–Kier alpha value is -2.53. The lowest BCUT2D eigenvalue weighted by Gasteiger charge is -2.31. The van der Waals surface area contributed by atoms with Crippen molar-refractivity contribution in [2.75, 3.05) is 57.5 Å². The maximum Gasteiger partial charge on any atom is 0.253 e. The molecule has 2 heterocycles. The van der Waals surface area contributed by atoms with Crippen molar-refractivity contribution < 1.29 is 27.1 Å². The highest BCUT2D eigenvalue weighted by Crippen LogP contribution is 2.28. The lowest BCUT2D eigenvalue weighted by molar-refractivity contribution is 0.0730. The SMILES string of the molecule is CC(NC(=O)c1cc(S(=O)(=O)N2CCOCC2)ccc1N1CCOCC1)c1ccc(F)cc1. The third-order valence-electron chi connectivity index (χ3n) is 5.89. The molecule has 1 amide bonds. The molecule has 2 saturated heterocycles. The molecule has 2 aromatic carbocycles. The number of sulfonamides is 1. The van der Waals surface area contributed by atoms with Crippen LogP contribution in [0.4, 0.5) is 10.1 Å². The average Bonchev–Trinajstić information content (AvgIpc) is 2.85. The van der Waals surface area contributed by atoms with Gasteiger partial charge in [-0.1, -0.05) is 12.1 Å². The van der Waals surface area contributed by atoms with E-state index in [0.29, 0.717) is 45.2 Å². The van der Waals surface area contributed by atoms with Crippen LogP contribution in [0.15, 0.2) is 47.4 Å². The maximum atomic E-state index is 13.3. The topological polar surface area (TPSA) is 88.2 Å². The predicted octanol–water partition coefficient (Wildman–Crippen LogP) is 2.17. The smallest absolute Gasteiger partial charge is 0.253 e. The molecular weight excluding hydrogens is 449 g/mol. The number of nitrogens with one attached hydrogen (secondary N) is 1. The third-order valence-corrected chi connectivity index (χ3v) is 7.78. The van der Waals surface area contributed by atoms with E-state index in [9.17, 15) is 17.6 Å². The number of amides is 1. The number of anilines is 1. The summed E-state index contributed by atoms with van der Waals surface area (Å²) in [5, 5.41) is 2.92. The number of rotatable bonds is 6. The van der Waals surface area contributed by atoms with Crippen molar-refractivity contribution in [2.24, 2.45) is 0 Å². The molecule has 1 N–H and O–H groups in total. The second kappa shape index (κ2) is 10.2. The Morgan fingerprint density at radius 1 is 0.970 bits per heavy atom. The van der Waals surface area contributed by atoms with Crippen LogP contribution >= 0.6 is 0 Å². The summed E-state index contributed by atoms with van der Waals surface area (Å²) in [7, 11) is -3.76. The molecule has 0 aliphatic carbocycles. The molecular formula is C23H28FN3O5S. The number of hydrogen-bond donors (Lipinski definition) is 1. The lowest BCUT2D eigenvalue weighted by Crippen LogP contribution is -2.41. The predicted molar refractivity (Wildman–Crippen MR) is 121 cm³/mol. The van der Waals surface area contributed by atoms with E-state index < -0.39 is 22.0 Å². The summed E-state index contributed by atoms with van der Waals surface area (Å²) in [4.78, 5) is 15.4. The maximum absolute atomic E-state index is 13.3. The Morgan fingerprint density at radius 2 is 1.58 bits per heavy atom. The molecule has 178 valence electrons. The standard InChI is InChI=1S/C23H28FN3O5S/c1-17(18-2-4-19(24)5-3-18)25-23(28)21-16-20(33(29,30)27-10-14-32-15-11-27)6-7-22(21)26-8-12-31-13-9-26/h2-7,16-17H,8-15H2,1H3,(H,25,28). The van der Waals surface area contributed by atoms with Crippen molar-refractivity contribution in [3.8, 4) is 0 Å². The molecule has 0 spiro atoms. The third kappa shape index (κ3) is 5.35. The first-order valence-electron chi connectivity index (χ1n) is 11.0. The van der Waals surface area contributed by atoms with Gasteiger partial charge >= 0.3 is 0 Å². The van der Waals surface area contributed by atoms with Crippen LogP contribution in [-0.4, -0.2) is 71.2 Å². The first-order chi connectivity index (χ1) is 15.9. The number of carbonyl (C=O) groups excluding carboxylic acids is 1. The lowest BCUT2D eigenvalue weighted by atomic mass is 10.1. The molecule has 0 aromatic heterocycles. The normalized spacial score (nSPS) is 18.7. The van der Waals surface area contributed by atoms with Gasteiger partial charge in [0.15, 0.2) is 0 Å². The van der Waals surface area contributed by atoms with Gasteiger partial charge in [-0.25, -0.2) is 12.8 Å². The van der Waals surface area contributed by atoms with Gasteiger partial charge in [-0.2, -0.15) is 4.31 Å². The molecule has 4 rings (SSSR count). The fourth-order valence-electron chi connectivity index (χ4n) is 3.98. The second-order valence-electron chi connectivity index (χ2n) is 8.04. The summed E-state index contributed by atoms with van der Waals surface area (Å²) in [6.07, 6.45) is 0. The summed E-state index contributed by atoms with van der Waals surface area (Å²) in [5.74, 6) is -0.750. The Morgan fingerprint density at radius 3 is 2.21 bits per heavy atom. The van der Waals surface area contributed by atoms with Gasteiger partial charge in [0.05, 0.1) is 42.9 Å². The van der Waals surface area contributed by atoms with Crippen molar-refractivity contribution in [1.29, 1.82) is 0 Å². The summed E-state index contributed by atoms with van der Waals surface area (Å²) < 4.78 is 51.7. The zero-order valence-electron chi connectivity index (χ0n) is 18.5. The highest BCUT2D eigenvalue weighted by atomic mass is 32.2. The number of hydrogen-bond acceptors (Lipinski definition) is 6. The van der Waals surface area contributed by atoms with Gasteiger partial charge < -0.3 is 19.7 Å². The van der Waals surface area contributed by atoms with Crippen molar-refractivity contribution >= 4 is 21.6 Å². The van der Waals surface area contributed by atoms with Crippen LogP contribution in [0.25, 0.3) is 0 Å². The minimum Gasteiger partial charge on any atom is -0.379 e. The monoisotopic (exact) mass is 477 g/mol. The van der Waals surface area contributed by atoms with Crippen LogP contribution in [-0.2, 0) is 19.5 Å². The highest BCUT2D eigenvalue weighted by molar-refractivity contribution is 7.89. The molecule has 2 aliphatic heterocycles. The van der Waals surface area contributed by atoms with Gasteiger partial charge in [-0.05, 0) is 42.8 Å². The van der Waals surface area contributed by atoms with E-state index in [1.807, 2.05) is 4.90 Å². The Labute approximate surface area is 193 Å². The number of morpholine rings is 2. The van der Waals surface area contributed by atoms with Gasteiger partial charge in [0.25, 0.3) is 5.91 Å². The number of halogens is 1. The molecule has 0 saturated carbocycles. The second-order valence-corrected chi connectivity index (χ2v) is 9.98. The summed E-state index contributed by atoms with van der Waals surface area (Å²) >= 11 is 0. The van der Waals surface area contributed by atoms with Crippen LogP contribution in [0.3, 0.4) is 0 Å². The molecule has 1 atom stereocenters. The van der Waals surface area contributed by atoms with E-state index in [1.54, 1.807) is 31.2 Å². The van der Waals surface area contributed by atoms with Crippen LogP contribution in [0.2, 0.25) is 0 Å². The summed E-state index contributed by atoms with van der Waals surface area (Å²) in [6, 6.07) is 10.2. The fraction of sp³-hybridized carbons (Fsp3) is 0.435. The number of ether oxygens (including phenoxy) is 2. The van der Waals surface area contributed by atoms with Crippen molar-refractivity contribution in [3.05, 3.63) is 59.4 Å². The summed E-state index contributed by atoms with van der Waals surface area (Å²) in [6.45, 7) is 5.29. The van der Waals surface area contributed by atoms with E-state index in [-0.39, 0.29) is 29.4 Å². The van der Waals surface area contributed by atoms with Crippen LogP contribution in [0.1, 0.15) is 28.9 Å². The minimum absolute atomic E-state index is 0.0704. The van der Waals surface area contributed by atoms with Gasteiger partial charge in [-0.15, -0.1) is 0 Å². The molecule has 2 aromatic rings. The first kappa shape index (κ1) is 23.6. The van der Waals surface area contributed by atoms with Crippen molar-refractivity contribution in [1.82, 2.24) is 9.62 Å². The molecule has 0 bridgehead atoms. The zero-order chi connectivity index (χ0) is 23.4. The van der Waals surface area contributed by atoms with Crippen LogP contribution in [0, 0.1) is 5.82 Å². The van der Waals surface area contributed by atoms with Gasteiger partial charge in [0.1, 0.15) is 5.82 Å². The number of carbonyl (C=O) groups is 1. The minimum atomic E-state index is -3.76. The van der Waals surface area contributed by atoms with Crippen LogP contribution < -0.4 is 10.2 Å². The van der Waals surface area contributed by atoms with E-state index in [1.165, 1.54) is 22.5 Å². The van der Waals surface area contributed by atoms with Crippen molar-refractivity contribution in [2.45, 2.75) is 17.9 Å². The molecule has 8 nitrogen and oxygen atoms in total. The molecule has 10 heteroatoms. The van der Waals surface area contributed by atoms with Gasteiger partial charge in [0, 0.05) is 31.9 Å².